The van der Waals surface area contributed by atoms with E-state index in [4.69, 9.17) is 0 Å². The highest BCUT2D eigenvalue weighted by Crippen LogP contribution is 2.50. The average molecular weight is 151 g/mol. The summed E-state index contributed by atoms with van der Waals surface area (Å²) in [5.41, 5.74) is 0. The second kappa shape index (κ2) is 2.22. The van der Waals surface area contributed by atoms with Crippen LogP contribution in [0, 0.1) is 17.8 Å². The summed E-state index contributed by atoms with van der Waals surface area (Å²) in [5.74, 6) is 3.41. The van der Waals surface area contributed by atoms with Crippen LogP contribution in [0.25, 0.3) is 0 Å². The fourth-order valence-corrected chi connectivity index (χ4v) is 3.22. The van der Waals surface area contributed by atoms with Crippen molar-refractivity contribution in [3.63, 3.8) is 0 Å². The van der Waals surface area contributed by atoms with E-state index in [-0.39, 0.29) is 0 Å². The molecule has 4 aliphatic rings. The van der Waals surface area contributed by atoms with Gasteiger partial charge in [0.05, 0.1) is 0 Å². The van der Waals surface area contributed by atoms with E-state index in [9.17, 15) is 0 Å². The van der Waals surface area contributed by atoms with Crippen LogP contribution in [0.3, 0.4) is 0 Å². The molecule has 11 heavy (non-hydrogen) atoms. The Morgan fingerprint density at radius 2 is 1.82 bits per heavy atom. The maximum Gasteiger partial charge on any atom is 0.00725 e. The van der Waals surface area contributed by atoms with Gasteiger partial charge in [0.1, 0.15) is 0 Å². The number of nitrogens with one attached hydrogen (secondary N) is 1. The van der Waals surface area contributed by atoms with Crippen molar-refractivity contribution in [2.75, 3.05) is 6.54 Å². The first-order chi connectivity index (χ1) is 5.43. The normalized spacial score (nSPS) is 54.5. The number of hydrogen-bond acceptors (Lipinski definition) is 1. The van der Waals surface area contributed by atoms with E-state index in [2.05, 4.69) is 5.32 Å². The van der Waals surface area contributed by atoms with Gasteiger partial charge in [-0.25, -0.2) is 0 Å². The first kappa shape index (κ1) is 6.47. The molecule has 0 amide bonds. The highest BCUT2D eigenvalue weighted by atomic mass is 14.9. The highest BCUT2D eigenvalue weighted by molar-refractivity contribution is 4.97. The molecule has 0 aromatic rings. The summed E-state index contributed by atoms with van der Waals surface area (Å²) in [4.78, 5) is 0. The van der Waals surface area contributed by atoms with E-state index >= 15 is 0 Å². The van der Waals surface area contributed by atoms with Crippen LogP contribution < -0.4 is 5.32 Å². The van der Waals surface area contributed by atoms with Crippen molar-refractivity contribution in [1.29, 1.82) is 0 Å². The molecule has 0 radical (unpaired) electrons. The highest BCUT2D eigenvalue weighted by Gasteiger charge is 2.44. The van der Waals surface area contributed by atoms with Crippen LogP contribution in [0.5, 0.6) is 0 Å². The van der Waals surface area contributed by atoms with Gasteiger partial charge in [-0.3, -0.25) is 0 Å². The zero-order chi connectivity index (χ0) is 7.26. The van der Waals surface area contributed by atoms with Crippen LogP contribution in [-0.4, -0.2) is 12.6 Å². The Morgan fingerprint density at radius 1 is 0.909 bits per heavy atom. The Morgan fingerprint density at radius 3 is 2.55 bits per heavy atom. The molecule has 2 unspecified atom stereocenters. The van der Waals surface area contributed by atoms with Crippen LogP contribution >= 0.6 is 0 Å². The molecule has 0 spiro atoms. The topological polar surface area (TPSA) is 12.0 Å². The Bertz CT molecular complexity index is 156. The molecule has 2 saturated carbocycles. The van der Waals surface area contributed by atoms with Crippen molar-refractivity contribution < 1.29 is 0 Å². The third kappa shape index (κ3) is 0.868. The smallest absolute Gasteiger partial charge is 0.00725 e. The number of hydrogen-bond donors (Lipinski definition) is 1. The summed E-state index contributed by atoms with van der Waals surface area (Å²) >= 11 is 0. The first-order valence-corrected chi connectivity index (χ1v) is 5.17. The van der Waals surface area contributed by atoms with Crippen molar-refractivity contribution in [2.45, 2.75) is 38.1 Å². The Kier molecular flexibility index (Phi) is 1.31. The molecule has 2 atom stereocenters. The van der Waals surface area contributed by atoms with Gasteiger partial charge in [-0.1, -0.05) is 0 Å². The summed E-state index contributed by atoms with van der Waals surface area (Å²) in [6, 6.07) is 0.918. The molecule has 2 aliphatic carbocycles. The zero-order valence-electron chi connectivity index (χ0n) is 7.05. The summed E-state index contributed by atoms with van der Waals surface area (Å²) in [5, 5.41) is 3.64. The van der Waals surface area contributed by atoms with E-state index in [1.807, 2.05) is 0 Å². The largest absolute Gasteiger partial charge is 0.314 e. The molecule has 4 fully saturated rings. The monoisotopic (exact) mass is 151 g/mol. The van der Waals surface area contributed by atoms with Gasteiger partial charge < -0.3 is 5.32 Å². The fraction of sp³-hybridized carbons (Fsp3) is 1.00. The third-order valence-electron chi connectivity index (χ3n) is 4.20. The molecule has 1 nitrogen and oxygen atoms in total. The summed E-state index contributed by atoms with van der Waals surface area (Å²) in [7, 11) is 0. The summed E-state index contributed by atoms with van der Waals surface area (Å²) in [6.45, 7) is 1.30. The van der Waals surface area contributed by atoms with Gasteiger partial charge in [0.2, 0.25) is 0 Å². The lowest BCUT2D eigenvalue weighted by molar-refractivity contribution is 0.0117. The van der Waals surface area contributed by atoms with Crippen molar-refractivity contribution >= 4 is 0 Å². The molecule has 2 saturated heterocycles. The van der Waals surface area contributed by atoms with Crippen LogP contribution in [0.4, 0.5) is 0 Å². The summed E-state index contributed by atoms with van der Waals surface area (Å²) < 4.78 is 0. The zero-order valence-corrected chi connectivity index (χ0v) is 7.05. The quantitative estimate of drug-likeness (QED) is 0.556. The van der Waals surface area contributed by atoms with E-state index in [0.29, 0.717) is 0 Å². The molecule has 1 N–H and O–H groups in total. The Labute approximate surface area is 68.6 Å². The Hall–Kier alpha value is -0.0400. The average Bonchev–Trinajstić information content (AvgIpc) is 1.85. The second-order valence-corrected chi connectivity index (χ2v) is 4.67. The lowest BCUT2D eigenvalue weighted by Gasteiger charge is -2.51. The SMILES string of the molecule is C1CC2CCC2C2CC(C2)N1. The minimum absolute atomic E-state index is 0.918. The van der Waals surface area contributed by atoms with E-state index in [1.165, 1.54) is 32.2 Å². The number of fused-ring (bicyclic) bond motifs is 2. The summed E-state index contributed by atoms with van der Waals surface area (Å²) in [6.07, 6.45) is 7.57. The standard InChI is InChI=1S/C10H17N/c1-2-10-7(1)3-4-11-9-5-8(10)6-9/h7-11H,1-6H2. The van der Waals surface area contributed by atoms with Gasteiger partial charge in [-0.05, 0) is 56.4 Å². The van der Waals surface area contributed by atoms with Crippen molar-refractivity contribution in [2.24, 2.45) is 17.8 Å². The van der Waals surface area contributed by atoms with E-state index < -0.39 is 0 Å². The third-order valence-corrected chi connectivity index (χ3v) is 4.20. The maximum absolute atomic E-state index is 3.64. The molecule has 62 valence electrons. The Balaban J connectivity index is 1.72. The molecule has 1 heteroatoms. The van der Waals surface area contributed by atoms with Gasteiger partial charge >= 0.3 is 0 Å². The van der Waals surface area contributed by atoms with Crippen molar-refractivity contribution in [3.8, 4) is 0 Å². The van der Waals surface area contributed by atoms with Gasteiger partial charge in [-0.15, -0.1) is 0 Å². The fourth-order valence-electron chi connectivity index (χ4n) is 3.22. The molecular weight excluding hydrogens is 134 g/mol. The molecule has 4 rings (SSSR count). The molecule has 2 heterocycles. The van der Waals surface area contributed by atoms with Crippen LogP contribution in [0.15, 0.2) is 0 Å². The molecule has 0 aromatic carbocycles. The van der Waals surface area contributed by atoms with Gasteiger partial charge in [0.25, 0.3) is 0 Å². The minimum Gasteiger partial charge on any atom is -0.314 e. The second-order valence-electron chi connectivity index (χ2n) is 4.67. The van der Waals surface area contributed by atoms with Crippen LogP contribution in [0.2, 0.25) is 0 Å². The maximum atomic E-state index is 3.64. The van der Waals surface area contributed by atoms with Crippen LogP contribution in [0.1, 0.15) is 32.1 Å². The molecule has 2 bridgehead atoms. The lowest BCUT2D eigenvalue weighted by atomic mass is 9.58. The molecule has 0 aromatic heterocycles. The number of rotatable bonds is 0. The lowest BCUT2D eigenvalue weighted by Crippen LogP contribution is -2.51. The van der Waals surface area contributed by atoms with Gasteiger partial charge in [-0.2, -0.15) is 0 Å². The van der Waals surface area contributed by atoms with Crippen LogP contribution in [-0.2, 0) is 0 Å². The molecule has 2 aliphatic heterocycles. The molecular formula is C10H17N. The van der Waals surface area contributed by atoms with Crippen molar-refractivity contribution in [3.05, 3.63) is 0 Å². The predicted octanol–water partition coefficient (Wildman–Crippen LogP) is 1.78. The van der Waals surface area contributed by atoms with Gasteiger partial charge in [0.15, 0.2) is 0 Å². The van der Waals surface area contributed by atoms with E-state index in [0.717, 1.165) is 23.8 Å². The van der Waals surface area contributed by atoms with Gasteiger partial charge in [0, 0.05) is 6.04 Å². The predicted molar refractivity (Wildman–Crippen MR) is 45.3 cm³/mol. The van der Waals surface area contributed by atoms with Crippen molar-refractivity contribution in [1.82, 2.24) is 5.32 Å². The first-order valence-electron chi connectivity index (χ1n) is 5.17. The minimum atomic E-state index is 0.918. The van der Waals surface area contributed by atoms with E-state index in [1.54, 1.807) is 6.42 Å².